The van der Waals surface area contributed by atoms with Gasteiger partial charge in [-0.3, -0.25) is 0 Å². The number of hydrogen-bond donors (Lipinski definition) is 2. The highest BCUT2D eigenvalue weighted by Gasteiger charge is 2.63. The zero-order valence-corrected chi connectivity index (χ0v) is 14.6. The third-order valence-corrected chi connectivity index (χ3v) is 9.24. The predicted molar refractivity (Wildman–Crippen MR) is 90.3 cm³/mol. The van der Waals surface area contributed by atoms with Crippen LogP contribution in [0, 0.1) is 34.5 Å². The fourth-order valence-electron chi connectivity index (χ4n) is 7.74. The lowest BCUT2D eigenvalue weighted by atomic mass is 9.44. The van der Waals surface area contributed by atoms with Crippen LogP contribution in [0.25, 0.3) is 0 Å². The van der Waals surface area contributed by atoms with Crippen molar-refractivity contribution in [1.82, 2.24) is 0 Å². The Kier molecular flexibility index (Phi) is 3.48. The quantitative estimate of drug-likeness (QED) is 0.766. The maximum absolute atomic E-state index is 11.1. The molecule has 0 amide bonds. The minimum Gasteiger partial charge on any atom is -0.388 e. The van der Waals surface area contributed by atoms with Gasteiger partial charge < -0.3 is 10.8 Å². The van der Waals surface area contributed by atoms with E-state index in [0.29, 0.717) is 12.0 Å². The van der Waals surface area contributed by atoms with Crippen LogP contribution in [0.3, 0.4) is 0 Å². The Hall–Kier alpha value is -0.0800. The first-order chi connectivity index (χ1) is 10.4. The summed E-state index contributed by atoms with van der Waals surface area (Å²) in [5.41, 5.74) is 6.11. The average Bonchev–Trinajstić information content (AvgIpc) is 2.79. The normalized spacial score (nSPS) is 57.8. The van der Waals surface area contributed by atoms with Crippen LogP contribution < -0.4 is 5.73 Å². The van der Waals surface area contributed by atoms with Crippen LogP contribution in [0.2, 0.25) is 0 Å². The molecule has 4 aliphatic carbocycles. The van der Waals surface area contributed by atoms with Gasteiger partial charge in [0.05, 0.1) is 5.60 Å². The highest BCUT2D eigenvalue weighted by atomic mass is 16.3. The van der Waals surface area contributed by atoms with Crippen molar-refractivity contribution < 1.29 is 5.11 Å². The average molecular weight is 306 g/mol. The van der Waals surface area contributed by atoms with E-state index in [1.54, 1.807) is 0 Å². The minimum absolute atomic E-state index is 0.0841. The van der Waals surface area contributed by atoms with Gasteiger partial charge in [0.15, 0.2) is 0 Å². The van der Waals surface area contributed by atoms with Crippen LogP contribution >= 0.6 is 0 Å². The molecule has 4 fully saturated rings. The molecule has 4 saturated carbocycles. The van der Waals surface area contributed by atoms with Crippen LogP contribution in [0.15, 0.2) is 0 Å². The molecule has 5 unspecified atom stereocenters. The third kappa shape index (κ3) is 1.80. The van der Waals surface area contributed by atoms with E-state index in [1.807, 2.05) is 0 Å². The first kappa shape index (κ1) is 15.4. The highest BCUT2D eigenvalue weighted by molar-refractivity contribution is 5.14. The van der Waals surface area contributed by atoms with Crippen molar-refractivity contribution in [3.05, 3.63) is 0 Å². The van der Waals surface area contributed by atoms with Crippen molar-refractivity contribution in [2.24, 2.45) is 40.2 Å². The largest absolute Gasteiger partial charge is 0.388 e. The lowest BCUT2D eigenvalue weighted by Gasteiger charge is -2.61. The van der Waals surface area contributed by atoms with Gasteiger partial charge in [0, 0.05) is 12.0 Å². The van der Waals surface area contributed by atoms with Crippen molar-refractivity contribution in [3.63, 3.8) is 0 Å². The minimum atomic E-state index is -0.590. The lowest BCUT2D eigenvalue weighted by Crippen LogP contribution is -2.58. The standard InChI is InChI=1S/C20H35NO/c1-18-10-4-3-5-14(18)6-7-15-16(18)8-11-19(2)17(15)9-12-20(19,22)13-21/h14-17,22H,3-13,21H2,1-2H3/t14?,15?,16?,17?,18-,19-,20?/m1/s1. The molecule has 0 saturated heterocycles. The molecule has 0 radical (unpaired) electrons. The second-order valence-corrected chi connectivity index (χ2v) is 9.63. The topological polar surface area (TPSA) is 46.2 Å². The van der Waals surface area contributed by atoms with Gasteiger partial charge in [-0.1, -0.05) is 26.7 Å². The van der Waals surface area contributed by atoms with E-state index in [1.165, 1.54) is 57.8 Å². The Labute approximate surface area is 136 Å². The van der Waals surface area contributed by atoms with Crippen molar-refractivity contribution in [1.29, 1.82) is 0 Å². The molecule has 0 heterocycles. The van der Waals surface area contributed by atoms with Crippen LogP contribution in [0.5, 0.6) is 0 Å². The van der Waals surface area contributed by atoms with Gasteiger partial charge in [-0.05, 0) is 80.5 Å². The Morgan fingerprint density at radius 2 is 1.68 bits per heavy atom. The molecule has 0 aromatic carbocycles. The Morgan fingerprint density at radius 3 is 2.45 bits per heavy atom. The Morgan fingerprint density at radius 1 is 0.909 bits per heavy atom. The third-order valence-electron chi connectivity index (χ3n) is 9.24. The maximum Gasteiger partial charge on any atom is 0.0825 e. The molecular formula is C20H35NO. The molecule has 0 bridgehead atoms. The molecule has 0 spiro atoms. The number of hydrogen-bond acceptors (Lipinski definition) is 2. The molecule has 126 valence electrons. The van der Waals surface area contributed by atoms with Gasteiger partial charge in [-0.15, -0.1) is 0 Å². The van der Waals surface area contributed by atoms with Crippen molar-refractivity contribution in [2.75, 3.05) is 6.54 Å². The van der Waals surface area contributed by atoms with E-state index >= 15 is 0 Å². The highest BCUT2D eigenvalue weighted by Crippen LogP contribution is 2.68. The Bertz CT molecular complexity index is 449. The number of fused-ring (bicyclic) bond motifs is 5. The fourth-order valence-corrected chi connectivity index (χ4v) is 7.74. The lowest BCUT2D eigenvalue weighted by molar-refractivity contribution is -0.148. The first-order valence-corrected chi connectivity index (χ1v) is 9.87. The van der Waals surface area contributed by atoms with Gasteiger partial charge in [-0.2, -0.15) is 0 Å². The van der Waals surface area contributed by atoms with Crippen LogP contribution in [0.1, 0.15) is 78.1 Å². The first-order valence-electron chi connectivity index (χ1n) is 9.87. The van der Waals surface area contributed by atoms with Gasteiger partial charge in [0.2, 0.25) is 0 Å². The number of rotatable bonds is 1. The van der Waals surface area contributed by atoms with Gasteiger partial charge in [0.1, 0.15) is 0 Å². The molecule has 2 nitrogen and oxygen atoms in total. The molecule has 4 aliphatic rings. The van der Waals surface area contributed by atoms with Crippen LogP contribution in [0.4, 0.5) is 0 Å². The van der Waals surface area contributed by atoms with Crippen molar-refractivity contribution in [2.45, 2.75) is 83.7 Å². The van der Waals surface area contributed by atoms with Gasteiger partial charge >= 0.3 is 0 Å². The molecule has 4 rings (SSSR count). The predicted octanol–water partition coefficient (Wildman–Crippen LogP) is 4.11. The molecule has 0 aromatic heterocycles. The van der Waals surface area contributed by atoms with Crippen molar-refractivity contribution >= 4 is 0 Å². The van der Waals surface area contributed by atoms with E-state index in [0.717, 1.165) is 30.1 Å². The summed E-state index contributed by atoms with van der Waals surface area (Å²) in [5.74, 6) is 3.49. The molecule has 0 aliphatic heterocycles. The van der Waals surface area contributed by atoms with E-state index in [9.17, 15) is 5.11 Å². The van der Waals surface area contributed by atoms with Crippen LogP contribution in [-0.4, -0.2) is 17.3 Å². The smallest absolute Gasteiger partial charge is 0.0825 e. The number of nitrogens with two attached hydrogens (primary N) is 1. The molecule has 7 atom stereocenters. The summed E-state index contributed by atoms with van der Waals surface area (Å²) in [7, 11) is 0. The second-order valence-electron chi connectivity index (χ2n) is 9.63. The molecule has 22 heavy (non-hydrogen) atoms. The fraction of sp³-hybridized carbons (Fsp3) is 1.00. The summed E-state index contributed by atoms with van der Waals surface area (Å²) >= 11 is 0. The zero-order chi connectivity index (χ0) is 15.6. The summed E-state index contributed by atoms with van der Waals surface area (Å²) < 4.78 is 0. The molecule has 2 heteroatoms. The van der Waals surface area contributed by atoms with E-state index < -0.39 is 5.60 Å². The Balaban J connectivity index is 1.65. The second kappa shape index (κ2) is 4.96. The molecular weight excluding hydrogens is 270 g/mol. The molecule has 3 N–H and O–H groups in total. The zero-order valence-electron chi connectivity index (χ0n) is 14.6. The summed E-state index contributed by atoms with van der Waals surface area (Å²) in [6.45, 7) is 5.45. The monoisotopic (exact) mass is 305 g/mol. The summed E-state index contributed by atoms with van der Waals surface area (Å²) in [5, 5.41) is 11.1. The maximum atomic E-state index is 11.1. The van der Waals surface area contributed by atoms with E-state index in [4.69, 9.17) is 5.73 Å². The van der Waals surface area contributed by atoms with Gasteiger partial charge in [-0.25, -0.2) is 0 Å². The SMILES string of the molecule is C[C@@]12CCCCC1CCC1C2CC[C@]2(C)C1CCC2(O)CN. The van der Waals surface area contributed by atoms with Crippen LogP contribution in [-0.2, 0) is 0 Å². The van der Waals surface area contributed by atoms with Gasteiger partial charge in [0.25, 0.3) is 0 Å². The summed E-state index contributed by atoms with van der Waals surface area (Å²) in [6.07, 6.45) is 13.4. The van der Waals surface area contributed by atoms with E-state index in [-0.39, 0.29) is 5.41 Å². The molecule has 0 aromatic rings. The summed E-state index contributed by atoms with van der Waals surface area (Å²) in [4.78, 5) is 0. The van der Waals surface area contributed by atoms with Crippen molar-refractivity contribution in [3.8, 4) is 0 Å². The van der Waals surface area contributed by atoms with E-state index in [2.05, 4.69) is 13.8 Å². The number of aliphatic hydroxyl groups is 1. The summed E-state index contributed by atoms with van der Waals surface area (Å²) in [6, 6.07) is 0.